The first-order chi connectivity index (χ1) is 17.4. The number of nitrogens with zero attached hydrogens (tertiary/aromatic N) is 6. The lowest BCUT2D eigenvalue weighted by atomic mass is 10.1. The molecule has 0 spiro atoms. The second-order valence-electron chi connectivity index (χ2n) is 9.05. The molecule has 0 unspecified atom stereocenters. The third kappa shape index (κ3) is 5.85. The molecule has 4 rings (SSSR count). The maximum atomic E-state index is 13.5. The molecule has 3 aromatic heterocycles. The van der Waals surface area contributed by atoms with E-state index >= 15 is 0 Å². The number of benzene rings is 1. The maximum absolute atomic E-state index is 13.5. The Morgan fingerprint density at radius 3 is 2.51 bits per heavy atom. The Morgan fingerprint density at radius 2 is 1.86 bits per heavy atom. The number of halogens is 3. The molecular weight excluding hydrogens is 485 g/mol. The lowest BCUT2D eigenvalue weighted by molar-refractivity contribution is -0.137. The van der Waals surface area contributed by atoms with Gasteiger partial charge in [-0.15, -0.1) is 5.10 Å². The monoisotopic (exact) mass is 512 g/mol. The summed E-state index contributed by atoms with van der Waals surface area (Å²) in [4.78, 5) is 17.3. The van der Waals surface area contributed by atoms with E-state index in [-0.39, 0.29) is 23.8 Å². The van der Waals surface area contributed by atoms with Gasteiger partial charge in [0.1, 0.15) is 5.69 Å². The average molecular weight is 513 g/mol. The zero-order valence-electron chi connectivity index (χ0n) is 21.1. The van der Waals surface area contributed by atoms with Crippen molar-refractivity contribution in [1.29, 1.82) is 0 Å². The van der Waals surface area contributed by atoms with Crippen LogP contribution in [-0.4, -0.2) is 41.7 Å². The summed E-state index contributed by atoms with van der Waals surface area (Å²) in [5.74, 6) is -0.598. The number of nitrogens with one attached hydrogen (secondary N) is 2. The molecule has 0 saturated heterocycles. The molecule has 0 aliphatic rings. The molecule has 0 atom stereocenters. The number of amides is 1. The summed E-state index contributed by atoms with van der Waals surface area (Å²) >= 11 is 0. The number of anilines is 1. The van der Waals surface area contributed by atoms with Crippen molar-refractivity contribution in [3.8, 4) is 16.9 Å². The average Bonchev–Trinajstić information content (AvgIpc) is 3.44. The van der Waals surface area contributed by atoms with Crippen LogP contribution in [0.5, 0.6) is 0 Å². The van der Waals surface area contributed by atoms with E-state index < -0.39 is 17.6 Å². The van der Waals surface area contributed by atoms with E-state index in [4.69, 9.17) is 0 Å². The van der Waals surface area contributed by atoms with Crippen LogP contribution in [0, 0.1) is 13.8 Å². The first-order valence-electron chi connectivity index (χ1n) is 11.6. The zero-order valence-corrected chi connectivity index (χ0v) is 21.1. The highest BCUT2D eigenvalue weighted by atomic mass is 19.4. The van der Waals surface area contributed by atoms with Crippen LogP contribution in [0.3, 0.4) is 0 Å². The Labute approximate surface area is 211 Å². The van der Waals surface area contributed by atoms with Gasteiger partial charge in [0, 0.05) is 42.8 Å². The van der Waals surface area contributed by atoms with Gasteiger partial charge in [0.15, 0.2) is 0 Å². The molecule has 0 fully saturated rings. The number of pyridine rings is 1. The Bertz CT molecular complexity index is 1440. The number of aryl methyl sites for hydroxylation is 2. The maximum Gasteiger partial charge on any atom is 0.416 e. The van der Waals surface area contributed by atoms with Crippen LogP contribution in [-0.2, 0) is 19.8 Å². The van der Waals surface area contributed by atoms with Crippen LogP contribution in [0.15, 0.2) is 42.9 Å². The SMILES string of the molecule is Cc1ncc(C(=O)Nc2cc(CNC(C)C)cc(C(F)(F)F)c2)cc1-n1cc(-c2cnn(C)c2C)nn1. The van der Waals surface area contributed by atoms with Gasteiger partial charge < -0.3 is 10.6 Å². The van der Waals surface area contributed by atoms with E-state index in [9.17, 15) is 18.0 Å². The molecule has 2 N–H and O–H groups in total. The van der Waals surface area contributed by atoms with E-state index in [1.54, 1.807) is 30.1 Å². The van der Waals surface area contributed by atoms with Crippen molar-refractivity contribution in [2.75, 3.05) is 5.32 Å². The van der Waals surface area contributed by atoms with Gasteiger partial charge in [0.2, 0.25) is 0 Å². The van der Waals surface area contributed by atoms with Gasteiger partial charge >= 0.3 is 6.18 Å². The van der Waals surface area contributed by atoms with Gasteiger partial charge in [-0.25, -0.2) is 4.68 Å². The predicted molar refractivity (Wildman–Crippen MR) is 132 cm³/mol. The summed E-state index contributed by atoms with van der Waals surface area (Å²) in [7, 11) is 1.83. The standard InChI is InChI=1S/C25H27F3N8O/c1-14(2)29-10-17-6-19(25(26,27)28)9-20(7-17)32-24(37)18-8-23(15(3)30-11-18)36-13-22(33-34-36)21-12-31-35(5)16(21)4/h6-9,11-14,29H,10H2,1-5H3,(H,32,37). The summed E-state index contributed by atoms with van der Waals surface area (Å²) in [6.45, 7) is 7.69. The van der Waals surface area contributed by atoms with Gasteiger partial charge in [0.05, 0.1) is 34.9 Å². The van der Waals surface area contributed by atoms with Crippen LogP contribution < -0.4 is 10.6 Å². The second kappa shape index (κ2) is 10.1. The minimum Gasteiger partial charge on any atom is -0.322 e. The number of carbonyl (C=O) groups is 1. The van der Waals surface area contributed by atoms with E-state index in [0.717, 1.165) is 23.4 Å². The Balaban J connectivity index is 1.61. The van der Waals surface area contributed by atoms with Gasteiger partial charge in [-0.1, -0.05) is 19.1 Å². The van der Waals surface area contributed by atoms with E-state index in [0.29, 0.717) is 22.6 Å². The van der Waals surface area contributed by atoms with Crippen LogP contribution in [0.25, 0.3) is 16.9 Å². The van der Waals surface area contributed by atoms with Gasteiger partial charge in [-0.05, 0) is 43.7 Å². The molecule has 3 heterocycles. The lowest BCUT2D eigenvalue weighted by Gasteiger charge is -2.15. The van der Waals surface area contributed by atoms with Crippen molar-refractivity contribution in [2.24, 2.45) is 7.05 Å². The summed E-state index contributed by atoms with van der Waals surface area (Å²) < 4.78 is 43.7. The van der Waals surface area contributed by atoms with Crippen molar-refractivity contribution in [2.45, 2.75) is 46.5 Å². The van der Waals surface area contributed by atoms with Gasteiger partial charge in [-0.2, -0.15) is 18.3 Å². The second-order valence-corrected chi connectivity index (χ2v) is 9.05. The molecule has 0 aliphatic carbocycles. The smallest absolute Gasteiger partial charge is 0.322 e. The van der Waals surface area contributed by atoms with Crippen molar-refractivity contribution >= 4 is 11.6 Å². The van der Waals surface area contributed by atoms with E-state index in [2.05, 4.69) is 31.0 Å². The molecule has 0 saturated carbocycles. The van der Waals surface area contributed by atoms with Crippen LogP contribution in [0.4, 0.5) is 18.9 Å². The fraction of sp³-hybridized carbons (Fsp3) is 0.320. The highest BCUT2D eigenvalue weighted by molar-refractivity contribution is 6.04. The first kappa shape index (κ1) is 26.0. The number of aromatic nitrogens is 6. The van der Waals surface area contributed by atoms with E-state index in [1.807, 2.05) is 27.8 Å². The number of rotatable bonds is 7. The third-order valence-corrected chi connectivity index (χ3v) is 5.87. The molecule has 9 nitrogen and oxygen atoms in total. The molecule has 1 amide bonds. The summed E-state index contributed by atoms with van der Waals surface area (Å²) in [5.41, 5.74) is 3.21. The number of alkyl halides is 3. The third-order valence-electron chi connectivity index (χ3n) is 5.87. The number of carbonyl (C=O) groups excluding carboxylic acids is 1. The summed E-state index contributed by atoms with van der Waals surface area (Å²) in [6.07, 6.45) is 0.213. The molecule has 1 aromatic carbocycles. The molecule has 0 bridgehead atoms. The topological polar surface area (TPSA) is 103 Å². The minimum atomic E-state index is -4.55. The molecule has 0 aliphatic heterocycles. The summed E-state index contributed by atoms with van der Waals surface area (Å²) in [5, 5.41) is 18.3. The molecule has 12 heteroatoms. The molecular formula is C25H27F3N8O. The number of hydrogen-bond donors (Lipinski definition) is 2. The van der Waals surface area contributed by atoms with Crippen molar-refractivity contribution < 1.29 is 18.0 Å². The van der Waals surface area contributed by atoms with Crippen LogP contribution in [0.2, 0.25) is 0 Å². The summed E-state index contributed by atoms with van der Waals surface area (Å²) in [6, 6.07) is 5.16. The Morgan fingerprint density at radius 1 is 1.11 bits per heavy atom. The highest BCUT2D eigenvalue weighted by Crippen LogP contribution is 2.32. The zero-order chi connectivity index (χ0) is 26.9. The van der Waals surface area contributed by atoms with Crippen LogP contribution in [0.1, 0.15) is 46.7 Å². The largest absolute Gasteiger partial charge is 0.416 e. The van der Waals surface area contributed by atoms with Crippen LogP contribution >= 0.6 is 0 Å². The normalized spacial score (nSPS) is 11.8. The Hall–Kier alpha value is -4.06. The molecule has 194 valence electrons. The molecule has 4 aromatic rings. The van der Waals surface area contributed by atoms with E-state index in [1.165, 1.54) is 16.9 Å². The Kier molecular flexibility index (Phi) is 7.12. The molecule has 37 heavy (non-hydrogen) atoms. The minimum absolute atomic E-state index is 0.0394. The van der Waals surface area contributed by atoms with Crippen molar-refractivity contribution in [1.82, 2.24) is 35.1 Å². The van der Waals surface area contributed by atoms with Gasteiger partial charge in [-0.3, -0.25) is 14.5 Å². The van der Waals surface area contributed by atoms with Crippen molar-refractivity contribution in [3.63, 3.8) is 0 Å². The van der Waals surface area contributed by atoms with Gasteiger partial charge in [0.25, 0.3) is 5.91 Å². The number of hydrogen-bond acceptors (Lipinski definition) is 6. The highest BCUT2D eigenvalue weighted by Gasteiger charge is 2.31. The fourth-order valence-corrected chi connectivity index (χ4v) is 3.69. The van der Waals surface area contributed by atoms with Crippen molar-refractivity contribution in [3.05, 3.63) is 70.9 Å². The lowest BCUT2D eigenvalue weighted by Crippen LogP contribution is -2.22. The quantitative estimate of drug-likeness (QED) is 0.379. The fourth-order valence-electron chi connectivity index (χ4n) is 3.69. The molecule has 0 radical (unpaired) electrons. The first-order valence-corrected chi connectivity index (χ1v) is 11.6. The predicted octanol–water partition coefficient (Wildman–Crippen LogP) is 4.45.